The molecule has 3 aromatic rings. The van der Waals surface area contributed by atoms with Gasteiger partial charge in [0, 0.05) is 44.0 Å². The van der Waals surface area contributed by atoms with Crippen LogP contribution in [0.25, 0.3) is 5.82 Å². The molecule has 1 aliphatic rings. The molecule has 0 unspecified atom stereocenters. The Labute approximate surface area is 150 Å². The normalized spacial score (nSPS) is 14.7. The second kappa shape index (κ2) is 6.58. The second-order valence-corrected chi connectivity index (χ2v) is 6.18. The molecule has 26 heavy (non-hydrogen) atoms. The second-order valence-electron chi connectivity index (χ2n) is 6.18. The van der Waals surface area contributed by atoms with E-state index in [9.17, 15) is 4.79 Å². The van der Waals surface area contributed by atoms with Gasteiger partial charge < -0.3 is 14.3 Å². The largest absolute Gasteiger partial charge is 0.353 e. The molecule has 4 rings (SSSR count). The Kier molecular flexibility index (Phi) is 4.11. The van der Waals surface area contributed by atoms with E-state index in [-0.39, 0.29) is 11.7 Å². The van der Waals surface area contributed by atoms with E-state index in [4.69, 9.17) is 4.52 Å². The van der Waals surface area contributed by atoms with Crippen LogP contribution in [0, 0.1) is 13.8 Å². The van der Waals surface area contributed by atoms with Crippen molar-refractivity contribution in [3.05, 3.63) is 48.1 Å². The molecular formula is C17H19N7O2. The van der Waals surface area contributed by atoms with Gasteiger partial charge in [-0.25, -0.2) is 15.0 Å². The lowest BCUT2D eigenvalue weighted by molar-refractivity contribution is 0.0704. The highest BCUT2D eigenvalue weighted by Gasteiger charge is 2.25. The van der Waals surface area contributed by atoms with Crippen molar-refractivity contribution in [2.75, 3.05) is 31.1 Å². The molecule has 0 radical (unpaired) electrons. The lowest BCUT2D eigenvalue weighted by atomic mass is 10.2. The summed E-state index contributed by atoms with van der Waals surface area (Å²) in [7, 11) is 0. The summed E-state index contributed by atoms with van der Waals surface area (Å²) >= 11 is 0. The van der Waals surface area contributed by atoms with Crippen molar-refractivity contribution >= 4 is 11.7 Å². The quantitative estimate of drug-likeness (QED) is 0.699. The number of imidazole rings is 1. The van der Waals surface area contributed by atoms with Gasteiger partial charge in [-0.1, -0.05) is 5.16 Å². The lowest BCUT2D eigenvalue weighted by Crippen LogP contribution is -2.49. The summed E-state index contributed by atoms with van der Waals surface area (Å²) in [5.41, 5.74) is 2.03. The van der Waals surface area contributed by atoms with Crippen molar-refractivity contribution in [3.63, 3.8) is 0 Å². The highest BCUT2D eigenvalue weighted by molar-refractivity contribution is 5.91. The minimum atomic E-state index is -0.130. The predicted molar refractivity (Wildman–Crippen MR) is 93.2 cm³/mol. The standard InChI is InChI=1S/C17H19N7O2/c1-12-13(2)24(11-20-12)16-9-15(18-10-19-16)22-5-7-23(8-6-22)17(25)14-3-4-21-26-14/h3-4,9-11H,5-8H2,1-2H3. The molecule has 1 fully saturated rings. The number of hydrogen-bond donors (Lipinski definition) is 0. The number of aromatic nitrogens is 5. The minimum Gasteiger partial charge on any atom is -0.353 e. The average molecular weight is 353 g/mol. The zero-order valence-corrected chi connectivity index (χ0v) is 14.7. The van der Waals surface area contributed by atoms with Crippen LogP contribution in [-0.4, -0.2) is 61.7 Å². The molecule has 1 saturated heterocycles. The molecule has 0 atom stereocenters. The molecule has 0 saturated carbocycles. The van der Waals surface area contributed by atoms with Gasteiger partial charge in [0.15, 0.2) is 0 Å². The van der Waals surface area contributed by atoms with Crippen LogP contribution in [0.3, 0.4) is 0 Å². The van der Waals surface area contributed by atoms with Crippen LogP contribution in [0.5, 0.6) is 0 Å². The number of carbonyl (C=O) groups excluding carboxylic acids is 1. The van der Waals surface area contributed by atoms with E-state index in [0.29, 0.717) is 26.2 Å². The number of carbonyl (C=O) groups is 1. The molecule has 0 N–H and O–H groups in total. The first-order valence-corrected chi connectivity index (χ1v) is 8.41. The van der Waals surface area contributed by atoms with Crippen molar-refractivity contribution in [3.8, 4) is 5.82 Å². The highest BCUT2D eigenvalue weighted by Crippen LogP contribution is 2.18. The fourth-order valence-electron chi connectivity index (χ4n) is 2.99. The smallest absolute Gasteiger partial charge is 0.292 e. The molecule has 3 aromatic heterocycles. The van der Waals surface area contributed by atoms with E-state index < -0.39 is 0 Å². The van der Waals surface area contributed by atoms with Gasteiger partial charge in [0.25, 0.3) is 5.91 Å². The van der Waals surface area contributed by atoms with Crippen LogP contribution >= 0.6 is 0 Å². The Bertz CT molecular complexity index is 911. The van der Waals surface area contributed by atoms with Gasteiger partial charge in [-0.15, -0.1) is 0 Å². The summed E-state index contributed by atoms with van der Waals surface area (Å²) < 4.78 is 6.90. The van der Waals surface area contributed by atoms with Gasteiger partial charge in [-0.3, -0.25) is 9.36 Å². The molecule has 4 heterocycles. The topological polar surface area (TPSA) is 93.2 Å². The van der Waals surface area contributed by atoms with Crippen molar-refractivity contribution in [1.29, 1.82) is 0 Å². The molecule has 0 bridgehead atoms. The maximum absolute atomic E-state index is 12.3. The van der Waals surface area contributed by atoms with Crippen molar-refractivity contribution in [2.45, 2.75) is 13.8 Å². The van der Waals surface area contributed by atoms with E-state index in [1.807, 2.05) is 24.5 Å². The van der Waals surface area contributed by atoms with Crippen LogP contribution < -0.4 is 4.90 Å². The number of amides is 1. The molecule has 134 valence electrons. The Morgan fingerprint density at radius 2 is 1.85 bits per heavy atom. The van der Waals surface area contributed by atoms with E-state index in [1.54, 1.807) is 23.6 Å². The molecule has 0 aliphatic carbocycles. The molecule has 0 aromatic carbocycles. The number of anilines is 1. The molecule has 0 spiro atoms. The molecule has 1 amide bonds. The SMILES string of the molecule is Cc1ncn(-c2cc(N3CCN(C(=O)c4ccno4)CC3)ncn2)c1C. The average Bonchev–Trinajstić information content (AvgIpc) is 3.33. The Balaban J connectivity index is 1.47. The molecule has 9 nitrogen and oxygen atoms in total. The van der Waals surface area contributed by atoms with Crippen molar-refractivity contribution in [2.24, 2.45) is 0 Å². The first-order valence-electron chi connectivity index (χ1n) is 8.41. The number of aryl methyl sites for hydroxylation is 1. The summed E-state index contributed by atoms with van der Waals surface area (Å²) in [6.45, 7) is 6.57. The first-order chi connectivity index (χ1) is 12.6. The van der Waals surface area contributed by atoms with Gasteiger partial charge in [-0.05, 0) is 13.8 Å². The third-order valence-electron chi connectivity index (χ3n) is 4.68. The van der Waals surface area contributed by atoms with Crippen molar-refractivity contribution < 1.29 is 9.32 Å². The van der Waals surface area contributed by atoms with Gasteiger partial charge in [0.1, 0.15) is 24.3 Å². The van der Waals surface area contributed by atoms with Gasteiger partial charge in [0.05, 0.1) is 11.9 Å². The number of rotatable bonds is 3. The van der Waals surface area contributed by atoms with Gasteiger partial charge >= 0.3 is 0 Å². The predicted octanol–water partition coefficient (Wildman–Crippen LogP) is 1.23. The first kappa shape index (κ1) is 16.2. The monoisotopic (exact) mass is 353 g/mol. The lowest BCUT2D eigenvalue weighted by Gasteiger charge is -2.34. The highest BCUT2D eigenvalue weighted by atomic mass is 16.5. The van der Waals surface area contributed by atoms with Crippen molar-refractivity contribution in [1.82, 2.24) is 29.6 Å². The molecule has 1 aliphatic heterocycles. The van der Waals surface area contributed by atoms with Crippen LogP contribution in [-0.2, 0) is 0 Å². The maximum atomic E-state index is 12.3. The Morgan fingerprint density at radius 3 is 2.50 bits per heavy atom. The Hall–Kier alpha value is -3.23. The van der Waals surface area contributed by atoms with Crippen LogP contribution in [0.15, 0.2) is 35.5 Å². The van der Waals surface area contributed by atoms with E-state index >= 15 is 0 Å². The third kappa shape index (κ3) is 2.92. The third-order valence-corrected chi connectivity index (χ3v) is 4.68. The summed E-state index contributed by atoms with van der Waals surface area (Å²) in [6.07, 6.45) is 4.81. The van der Waals surface area contributed by atoms with Crippen LogP contribution in [0.4, 0.5) is 5.82 Å². The Morgan fingerprint density at radius 1 is 1.08 bits per heavy atom. The zero-order chi connectivity index (χ0) is 18.1. The van der Waals surface area contributed by atoms with E-state index in [0.717, 1.165) is 23.0 Å². The summed E-state index contributed by atoms with van der Waals surface area (Å²) in [6, 6.07) is 3.53. The van der Waals surface area contributed by atoms with Gasteiger partial charge in [-0.2, -0.15) is 0 Å². The van der Waals surface area contributed by atoms with Gasteiger partial charge in [0.2, 0.25) is 5.76 Å². The van der Waals surface area contributed by atoms with Crippen LogP contribution in [0.2, 0.25) is 0 Å². The zero-order valence-electron chi connectivity index (χ0n) is 14.7. The molecular weight excluding hydrogens is 334 g/mol. The molecule has 9 heteroatoms. The summed E-state index contributed by atoms with van der Waals surface area (Å²) in [5, 5.41) is 3.59. The number of hydrogen-bond acceptors (Lipinski definition) is 7. The van der Waals surface area contributed by atoms with Crippen LogP contribution in [0.1, 0.15) is 21.9 Å². The van der Waals surface area contributed by atoms with E-state index in [1.165, 1.54) is 6.20 Å². The van der Waals surface area contributed by atoms with E-state index in [2.05, 4.69) is 25.0 Å². The fourth-order valence-corrected chi connectivity index (χ4v) is 2.99. The number of piperazine rings is 1. The fraction of sp³-hybridized carbons (Fsp3) is 0.353. The maximum Gasteiger partial charge on any atom is 0.292 e. The number of nitrogens with zero attached hydrogens (tertiary/aromatic N) is 7. The minimum absolute atomic E-state index is 0.130. The summed E-state index contributed by atoms with van der Waals surface area (Å²) in [4.78, 5) is 29.3. The summed E-state index contributed by atoms with van der Waals surface area (Å²) in [5.74, 6) is 1.77.